The molecule has 230 valence electrons. The lowest BCUT2D eigenvalue weighted by molar-refractivity contribution is 0.0221. The van der Waals surface area contributed by atoms with Crippen molar-refractivity contribution in [1.29, 1.82) is 0 Å². The van der Waals surface area contributed by atoms with Crippen LogP contribution in [0.4, 0.5) is 16.6 Å². The molecular formula is C32H44N8O3. The second-order valence-corrected chi connectivity index (χ2v) is 13.1. The van der Waals surface area contributed by atoms with Crippen LogP contribution in [0, 0.1) is 17.8 Å². The number of anilines is 2. The summed E-state index contributed by atoms with van der Waals surface area (Å²) < 4.78 is 8.60. The number of morpholine rings is 1. The lowest BCUT2D eigenvalue weighted by atomic mass is 9.80. The van der Waals surface area contributed by atoms with Gasteiger partial charge in [0.1, 0.15) is 5.52 Å². The highest BCUT2D eigenvalue weighted by atomic mass is 16.7. The first-order valence-electron chi connectivity index (χ1n) is 16.2. The maximum atomic E-state index is 11.9. The van der Waals surface area contributed by atoms with Crippen molar-refractivity contribution in [3.8, 4) is 0 Å². The molecule has 2 aromatic heterocycles. The molecule has 2 aliphatic carbocycles. The van der Waals surface area contributed by atoms with Crippen molar-refractivity contribution in [2.75, 3.05) is 23.4 Å². The zero-order chi connectivity index (χ0) is 29.5. The van der Waals surface area contributed by atoms with Gasteiger partial charge in [-0.2, -0.15) is 4.98 Å². The monoisotopic (exact) mass is 588 g/mol. The Labute approximate surface area is 253 Å². The van der Waals surface area contributed by atoms with Crippen LogP contribution in [0.3, 0.4) is 0 Å². The molecule has 3 aromatic rings. The second kappa shape index (κ2) is 11.9. The van der Waals surface area contributed by atoms with Crippen LogP contribution in [0.25, 0.3) is 11.2 Å². The van der Waals surface area contributed by atoms with E-state index in [2.05, 4.69) is 76.7 Å². The fourth-order valence-electron chi connectivity index (χ4n) is 7.26. The first-order chi connectivity index (χ1) is 20.9. The summed E-state index contributed by atoms with van der Waals surface area (Å²) in [6, 6.07) is 10.9. The molecule has 0 radical (unpaired) electrons. The van der Waals surface area contributed by atoms with Crippen LogP contribution >= 0.6 is 0 Å². The van der Waals surface area contributed by atoms with E-state index >= 15 is 0 Å². The number of ether oxygens (including phenoxy) is 1. The molecule has 0 spiro atoms. The summed E-state index contributed by atoms with van der Waals surface area (Å²) in [7, 11) is 0. The summed E-state index contributed by atoms with van der Waals surface area (Å²) in [5.41, 5.74) is 5.49. The molecule has 1 amide bonds. The van der Waals surface area contributed by atoms with Gasteiger partial charge in [0.25, 0.3) is 0 Å². The van der Waals surface area contributed by atoms with E-state index < -0.39 is 12.3 Å². The Morgan fingerprint density at radius 2 is 1.84 bits per heavy atom. The molecular weight excluding hydrogens is 544 g/mol. The Kier molecular flexibility index (Phi) is 7.85. The number of amides is 1. The molecule has 2 saturated carbocycles. The highest BCUT2D eigenvalue weighted by Crippen LogP contribution is 2.39. The molecule has 43 heavy (non-hydrogen) atoms. The number of hydrogen-bond donors (Lipinski definition) is 3. The van der Waals surface area contributed by atoms with Crippen LogP contribution in [-0.2, 0) is 16.1 Å². The normalized spacial score (nSPS) is 28.8. The highest BCUT2D eigenvalue weighted by Gasteiger charge is 2.37. The van der Waals surface area contributed by atoms with Crippen LogP contribution in [0.2, 0.25) is 0 Å². The number of nitrogens with one attached hydrogen (secondary N) is 3. The van der Waals surface area contributed by atoms with Crippen molar-refractivity contribution in [2.45, 2.75) is 96.6 Å². The van der Waals surface area contributed by atoms with Crippen molar-refractivity contribution in [1.82, 2.24) is 30.3 Å². The number of aromatic nitrogens is 4. The van der Waals surface area contributed by atoms with Gasteiger partial charge in [-0.05, 0) is 62.8 Å². The lowest BCUT2D eigenvalue weighted by Gasteiger charge is -2.41. The Morgan fingerprint density at radius 3 is 2.53 bits per heavy atom. The largest absolute Gasteiger partial charge is 0.427 e. The number of carbonyl (C=O) groups is 1. The van der Waals surface area contributed by atoms with Gasteiger partial charge in [-0.15, -0.1) is 5.48 Å². The molecule has 4 aliphatic rings. The van der Waals surface area contributed by atoms with E-state index in [4.69, 9.17) is 24.5 Å². The Morgan fingerprint density at radius 1 is 1.05 bits per heavy atom. The third-order valence-electron chi connectivity index (χ3n) is 10.1. The van der Waals surface area contributed by atoms with E-state index in [0.29, 0.717) is 29.9 Å². The smallest absolute Gasteiger partial charge is 0.374 e. The zero-order valence-corrected chi connectivity index (χ0v) is 25.5. The molecule has 4 atom stereocenters. The summed E-state index contributed by atoms with van der Waals surface area (Å²) in [6.45, 7) is 8.98. The molecule has 2 aliphatic heterocycles. The molecule has 1 aromatic carbocycles. The van der Waals surface area contributed by atoms with E-state index in [1.807, 2.05) is 0 Å². The van der Waals surface area contributed by atoms with E-state index in [-0.39, 0.29) is 18.2 Å². The summed E-state index contributed by atoms with van der Waals surface area (Å²) >= 11 is 0. The molecule has 7 rings (SSSR count). The van der Waals surface area contributed by atoms with Crippen molar-refractivity contribution in [3.05, 3.63) is 41.7 Å². The van der Waals surface area contributed by atoms with Gasteiger partial charge in [0, 0.05) is 19.1 Å². The third kappa shape index (κ3) is 5.64. The minimum atomic E-state index is -0.648. The Balaban J connectivity index is 1.37. The van der Waals surface area contributed by atoms with Crippen LogP contribution < -0.4 is 21.0 Å². The van der Waals surface area contributed by atoms with Gasteiger partial charge in [-0.3, -0.25) is 5.32 Å². The van der Waals surface area contributed by atoms with Crippen LogP contribution in [0.5, 0.6) is 0 Å². The summed E-state index contributed by atoms with van der Waals surface area (Å²) in [5.74, 6) is 4.05. The van der Waals surface area contributed by atoms with Crippen molar-refractivity contribution in [3.63, 3.8) is 0 Å². The molecule has 11 heteroatoms. The van der Waals surface area contributed by atoms with E-state index in [0.717, 1.165) is 36.3 Å². The van der Waals surface area contributed by atoms with Gasteiger partial charge in [0.2, 0.25) is 5.95 Å². The van der Waals surface area contributed by atoms with Crippen LogP contribution in [0.15, 0.2) is 30.3 Å². The summed E-state index contributed by atoms with van der Waals surface area (Å²) in [6.07, 6.45) is 7.44. The van der Waals surface area contributed by atoms with Gasteiger partial charge in [-0.1, -0.05) is 56.5 Å². The molecule has 1 unspecified atom stereocenters. The number of hydroxylamine groups is 1. The molecule has 4 fully saturated rings. The Bertz CT molecular complexity index is 1440. The second-order valence-electron chi connectivity index (χ2n) is 13.1. The number of benzene rings is 1. The zero-order valence-electron chi connectivity index (χ0n) is 25.5. The first kappa shape index (κ1) is 28.3. The van der Waals surface area contributed by atoms with Gasteiger partial charge >= 0.3 is 6.09 Å². The fourth-order valence-corrected chi connectivity index (χ4v) is 7.26. The van der Waals surface area contributed by atoms with Gasteiger partial charge in [0.15, 0.2) is 23.5 Å². The minimum Gasteiger partial charge on any atom is -0.374 e. The van der Waals surface area contributed by atoms with Gasteiger partial charge in [0.05, 0.1) is 18.8 Å². The van der Waals surface area contributed by atoms with Crippen LogP contribution in [-0.4, -0.2) is 50.9 Å². The molecule has 3 N–H and O–H groups in total. The predicted octanol–water partition coefficient (Wildman–Crippen LogP) is 5.46. The molecule has 2 saturated heterocycles. The maximum Gasteiger partial charge on any atom is 0.427 e. The van der Waals surface area contributed by atoms with E-state index in [1.54, 1.807) is 0 Å². The minimum absolute atomic E-state index is 0.00660. The predicted molar refractivity (Wildman–Crippen MR) is 164 cm³/mol. The lowest BCUT2D eigenvalue weighted by Crippen LogP contribution is -2.45. The molecule has 11 nitrogen and oxygen atoms in total. The molecule has 4 heterocycles. The summed E-state index contributed by atoms with van der Waals surface area (Å²) in [5, 5.41) is 6.54. The van der Waals surface area contributed by atoms with Crippen LogP contribution in [0.1, 0.15) is 89.3 Å². The molecule has 0 bridgehead atoms. The Hall–Kier alpha value is -3.44. The van der Waals surface area contributed by atoms with Gasteiger partial charge in [-0.25, -0.2) is 14.8 Å². The average Bonchev–Trinajstić information content (AvgIpc) is 3.57. The maximum absolute atomic E-state index is 11.9. The van der Waals surface area contributed by atoms with E-state index in [1.165, 1.54) is 50.5 Å². The number of fused-ring (bicyclic) bond motifs is 1. The SMILES string of the molecule is CC1CCC(Cn2c(N3CCO[C@@H](C)[C@H]3c3ccccc3)nc3nc(C4NOC(=O)N4)nc(N[C@H](C)C4CCC4)c32)CC1. The van der Waals surface area contributed by atoms with Crippen molar-refractivity contribution >= 4 is 29.0 Å². The van der Waals surface area contributed by atoms with Crippen molar-refractivity contribution < 1.29 is 14.4 Å². The third-order valence-corrected chi connectivity index (χ3v) is 10.1. The number of rotatable bonds is 8. The van der Waals surface area contributed by atoms with E-state index in [9.17, 15) is 4.79 Å². The average molecular weight is 589 g/mol. The highest BCUT2D eigenvalue weighted by molar-refractivity contribution is 5.86. The standard InChI is InChI=1S/C32H44N8O3/c1-19-12-14-22(15-13-19)18-40-26-27(33-20(2)23-10-7-11-23)34-29(30-37-32(41)43-38-30)35-28(26)36-31(40)39-16-17-42-21(3)25(39)24-8-5-4-6-9-24/h4-6,8-9,19-23,25,30,38H,7,10-18H2,1-3H3,(H,37,41)(H,33,34,35)/t19?,20-,21+,22?,25+,30?/m1/s1. The number of carbonyl (C=O) groups excluding carboxylic acids is 1. The fraction of sp³-hybridized carbons (Fsp3) is 0.625. The topological polar surface area (TPSA) is 118 Å². The quantitative estimate of drug-likeness (QED) is 0.315. The number of hydrogen-bond acceptors (Lipinski definition) is 9. The van der Waals surface area contributed by atoms with Gasteiger partial charge < -0.3 is 24.4 Å². The number of imidazole rings is 1. The number of nitrogens with zero attached hydrogens (tertiary/aromatic N) is 5. The van der Waals surface area contributed by atoms with Crippen molar-refractivity contribution in [2.24, 2.45) is 17.8 Å². The first-order valence-corrected chi connectivity index (χ1v) is 16.2. The summed E-state index contributed by atoms with van der Waals surface area (Å²) in [4.78, 5) is 34.5.